The molecule has 0 saturated carbocycles. The molecule has 1 aromatic heterocycles. The summed E-state index contributed by atoms with van der Waals surface area (Å²) in [4.78, 5) is 16.1. The second-order valence-corrected chi connectivity index (χ2v) is 5.40. The molecule has 0 radical (unpaired) electrons. The lowest BCUT2D eigenvalue weighted by atomic mass is 10.1. The molecule has 0 bridgehead atoms. The van der Waals surface area contributed by atoms with Crippen LogP contribution in [0.4, 0.5) is 5.69 Å². The van der Waals surface area contributed by atoms with Gasteiger partial charge in [0, 0.05) is 15.8 Å². The average Bonchev–Trinajstić information content (AvgIpc) is 2.57. The van der Waals surface area contributed by atoms with Gasteiger partial charge in [0.25, 0.3) is 0 Å². The van der Waals surface area contributed by atoms with E-state index in [4.69, 9.17) is 21.1 Å². The van der Waals surface area contributed by atoms with E-state index in [0.717, 1.165) is 27.5 Å². The van der Waals surface area contributed by atoms with Crippen molar-refractivity contribution >= 4 is 45.1 Å². The smallest absolute Gasteiger partial charge is 0.325 e. The lowest BCUT2D eigenvalue weighted by Gasteiger charge is -2.13. The first kappa shape index (κ1) is 15.4. The van der Waals surface area contributed by atoms with Crippen LogP contribution in [0.15, 0.2) is 36.4 Å². The summed E-state index contributed by atoms with van der Waals surface area (Å²) in [5, 5.41) is 5.49. The maximum atomic E-state index is 11.5. The molecule has 118 valence electrons. The Morgan fingerprint density at radius 3 is 2.70 bits per heavy atom. The van der Waals surface area contributed by atoms with E-state index < -0.39 is 0 Å². The number of hydrogen-bond donors (Lipinski definition) is 1. The number of hydrogen-bond acceptors (Lipinski definition) is 5. The molecular weight excluding hydrogens is 316 g/mol. The quantitative estimate of drug-likeness (QED) is 0.584. The minimum absolute atomic E-state index is 0.0601. The van der Waals surface area contributed by atoms with Crippen molar-refractivity contribution in [1.29, 1.82) is 0 Å². The number of pyridine rings is 1. The second-order valence-electron chi connectivity index (χ2n) is 4.96. The van der Waals surface area contributed by atoms with Crippen LogP contribution in [0.2, 0.25) is 5.02 Å². The Balaban J connectivity index is 2.24. The molecule has 0 aliphatic rings. The third-order valence-corrected chi connectivity index (χ3v) is 3.82. The number of nitrogens with zero attached hydrogens (tertiary/aromatic N) is 1. The minimum atomic E-state index is -0.347. The molecule has 23 heavy (non-hydrogen) atoms. The highest BCUT2D eigenvalue weighted by Crippen LogP contribution is 2.34. The molecule has 0 amide bonds. The molecule has 1 heterocycles. The molecule has 3 rings (SSSR count). The van der Waals surface area contributed by atoms with Crippen LogP contribution in [0.5, 0.6) is 5.75 Å². The van der Waals surface area contributed by atoms with Gasteiger partial charge in [-0.1, -0.05) is 11.6 Å². The van der Waals surface area contributed by atoms with Gasteiger partial charge in [-0.3, -0.25) is 4.79 Å². The van der Waals surface area contributed by atoms with Gasteiger partial charge in [-0.25, -0.2) is 4.98 Å². The van der Waals surface area contributed by atoms with E-state index in [0.29, 0.717) is 10.8 Å². The lowest BCUT2D eigenvalue weighted by Crippen LogP contribution is -2.15. The molecule has 0 unspecified atom stereocenters. The second kappa shape index (κ2) is 6.30. The van der Waals surface area contributed by atoms with E-state index >= 15 is 0 Å². The van der Waals surface area contributed by atoms with E-state index in [1.54, 1.807) is 19.2 Å². The van der Waals surface area contributed by atoms with Crippen molar-refractivity contribution in [3.05, 3.63) is 41.4 Å². The van der Waals surface area contributed by atoms with Crippen molar-refractivity contribution in [1.82, 2.24) is 4.98 Å². The summed E-state index contributed by atoms with van der Waals surface area (Å²) < 4.78 is 9.98. The summed E-state index contributed by atoms with van der Waals surface area (Å²) in [6, 6.07) is 11.1. The third-order valence-electron chi connectivity index (χ3n) is 3.58. The predicted molar refractivity (Wildman–Crippen MR) is 91.3 cm³/mol. The van der Waals surface area contributed by atoms with E-state index in [-0.39, 0.29) is 12.5 Å². The molecule has 1 N–H and O–H groups in total. The maximum Gasteiger partial charge on any atom is 0.325 e. The Bertz CT molecular complexity index is 896. The molecule has 0 aliphatic heterocycles. The summed E-state index contributed by atoms with van der Waals surface area (Å²) in [6.45, 7) is 0.0601. The Morgan fingerprint density at radius 2 is 1.96 bits per heavy atom. The minimum Gasteiger partial charge on any atom is -0.497 e. The van der Waals surface area contributed by atoms with Gasteiger partial charge < -0.3 is 14.8 Å². The first-order valence-electron chi connectivity index (χ1n) is 7.00. The van der Waals surface area contributed by atoms with Crippen LogP contribution in [0.3, 0.4) is 0 Å². The SMILES string of the molecule is COC(=O)CNc1c2ccc(Cl)cc2nc2ccc(OC)cc12. The number of carbonyl (C=O) groups excluding carboxylic acids is 1. The summed E-state index contributed by atoms with van der Waals surface area (Å²) in [5.74, 6) is 0.369. The first-order valence-corrected chi connectivity index (χ1v) is 7.38. The molecule has 3 aromatic rings. The number of esters is 1. The largest absolute Gasteiger partial charge is 0.497 e. The number of methoxy groups -OCH3 is 2. The zero-order valence-electron chi connectivity index (χ0n) is 12.7. The van der Waals surface area contributed by atoms with E-state index in [9.17, 15) is 4.79 Å². The van der Waals surface area contributed by atoms with Crippen LogP contribution < -0.4 is 10.1 Å². The Morgan fingerprint density at radius 1 is 1.13 bits per heavy atom. The molecule has 0 fully saturated rings. The fourth-order valence-corrected chi connectivity index (χ4v) is 2.61. The zero-order valence-corrected chi connectivity index (χ0v) is 13.5. The normalized spacial score (nSPS) is 10.7. The molecule has 0 atom stereocenters. The summed E-state index contributed by atoms with van der Waals surface area (Å²) in [5.41, 5.74) is 2.33. The van der Waals surface area contributed by atoms with Gasteiger partial charge in [0.05, 0.1) is 30.9 Å². The van der Waals surface area contributed by atoms with Crippen LogP contribution in [-0.4, -0.2) is 31.7 Å². The first-order chi connectivity index (χ1) is 11.1. The Hall–Kier alpha value is -2.53. The van der Waals surface area contributed by atoms with Crippen molar-refractivity contribution in [2.24, 2.45) is 0 Å². The Labute approximate surface area is 138 Å². The maximum absolute atomic E-state index is 11.5. The molecule has 0 spiro atoms. The molecule has 2 aromatic carbocycles. The highest BCUT2D eigenvalue weighted by atomic mass is 35.5. The fraction of sp³-hybridized carbons (Fsp3) is 0.176. The molecular formula is C17H15ClN2O3. The summed E-state index contributed by atoms with van der Waals surface area (Å²) in [7, 11) is 2.96. The average molecular weight is 331 g/mol. The highest BCUT2D eigenvalue weighted by Gasteiger charge is 2.12. The van der Waals surface area contributed by atoms with Crippen LogP contribution in [0, 0.1) is 0 Å². The van der Waals surface area contributed by atoms with Gasteiger partial charge in [-0.2, -0.15) is 0 Å². The topological polar surface area (TPSA) is 60.5 Å². The van der Waals surface area contributed by atoms with Crippen LogP contribution in [0.1, 0.15) is 0 Å². The van der Waals surface area contributed by atoms with Crippen LogP contribution in [0.25, 0.3) is 21.8 Å². The molecule has 6 heteroatoms. The van der Waals surface area contributed by atoms with Gasteiger partial charge in [-0.15, -0.1) is 0 Å². The number of nitrogens with one attached hydrogen (secondary N) is 1. The molecule has 0 saturated heterocycles. The van der Waals surface area contributed by atoms with Crippen molar-refractivity contribution in [2.45, 2.75) is 0 Å². The molecule has 5 nitrogen and oxygen atoms in total. The van der Waals surface area contributed by atoms with Gasteiger partial charge in [-0.05, 0) is 36.4 Å². The van der Waals surface area contributed by atoms with Crippen molar-refractivity contribution in [3.63, 3.8) is 0 Å². The number of benzene rings is 2. The van der Waals surface area contributed by atoms with Crippen molar-refractivity contribution in [2.75, 3.05) is 26.1 Å². The Kier molecular flexibility index (Phi) is 4.21. The van der Waals surface area contributed by atoms with Gasteiger partial charge in [0.1, 0.15) is 12.3 Å². The molecule has 0 aliphatic carbocycles. The van der Waals surface area contributed by atoms with E-state index in [1.807, 2.05) is 24.3 Å². The number of rotatable bonds is 4. The fourth-order valence-electron chi connectivity index (χ4n) is 2.45. The number of halogens is 1. The monoisotopic (exact) mass is 330 g/mol. The third kappa shape index (κ3) is 3.00. The number of aromatic nitrogens is 1. The summed E-state index contributed by atoms with van der Waals surface area (Å²) in [6.07, 6.45) is 0. The van der Waals surface area contributed by atoms with Crippen LogP contribution >= 0.6 is 11.6 Å². The predicted octanol–water partition coefficient (Wildman–Crippen LogP) is 3.63. The number of anilines is 1. The highest BCUT2D eigenvalue weighted by molar-refractivity contribution is 6.31. The van der Waals surface area contributed by atoms with E-state index in [2.05, 4.69) is 10.3 Å². The number of carbonyl (C=O) groups is 1. The van der Waals surface area contributed by atoms with Crippen LogP contribution in [-0.2, 0) is 9.53 Å². The van der Waals surface area contributed by atoms with E-state index in [1.165, 1.54) is 7.11 Å². The number of ether oxygens (including phenoxy) is 2. The van der Waals surface area contributed by atoms with Gasteiger partial charge in [0.2, 0.25) is 0 Å². The summed E-state index contributed by atoms with van der Waals surface area (Å²) >= 11 is 6.07. The number of fused-ring (bicyclic) bond motifs is 2. The standard InChI is InChI=1S/C17H15ClN2O3/c1-22-11-4-6-14-13(8-11)17(19-9-16(21)23-2)12-5-3-10(18)7-15(12)20-14/h3-8H,9H2,1-2H3,(H,19,20). The van der Waals surface area contributed by atoms with Crippen molar-refractivity contribution < 1.29 is 14.3 Å². The zero-order chi connectivity index (χ0) is 16.4. The lowest BCUT2D eigenvalue weighted by molar-refractivity contribution is -0.138. The van der Waals surface area contributed by atoms with Gasteiger partial charge >= 0.3 is 5.97 Å². The van der Waals surface area contributed by atoms with Gasteiger partial charge in [0.15, 0.2) is 0 Å². The van der Waals surface area contributed by atoms with Crippen molar-refractivity contribution in [3.8, 4) is 5.75 Å².